The fourth-order valence-electron chi connectivity index (χ4n) is 1.90. The van der Waals surface area contributed by atoms with Gasteiger partial charge >= 0.3 is 0 Å². The quantitative estimate of drug-likeness (QED) is 0.561. The van der Waals surface area contributed by atoms with Gasteiger partial charge in [0.05, 0.1) is 12.8 Å². The number of aromatic hydroxyl groups is 1. The Hall–Kier alpha value is -2.86. The van der Waals surface area contributed by atoms with E-state index < -0.39 is 12.0 Å². The average molecular weight is 314 g/mol. The van der Waals surface area contributed by atoms with Crippen molar-refractivity contribution in [2.75, 3.05) is 6.61 Å². The highest BCUT2D eigenvalue weighted by Gasteiger charge is 2.15. The van der Waals surface area contributed by atoms with Crippen LogP contribution in [0.1, 0.15) is 24.2 Å². The van der Waals surface area contributed by atoms with Crippen LogP contribution in [0.15, 0.2) is 53.6 Å². The summed E-state index contributed by atoms with van der Waals surface area (Å²) in [7, 11) is 0. The average Bonchev–Trinajstić information content (AvgIpc) is 2.58. The Morgan fingerprint density at radius 1 is 1.30 bits per heavy atom. The van der Waals surface area contributed by atoms with Gasteiger partial charge in [-0.1, -0.05) is 30.3 Å². The van der Waals surface area contributed by atoms with Gasteiger partial charge < -0.3 is 14.9 Å². The number of benzene rings is 2. The summed E-state index contributed by atoms with van der Waals surface area (Å²) in [6.07, 6.45) is 0.115. The third-order valence-electron chi connectivity index (χ3n) is 3.04. The van der Waals surface area contributed by atoms with Crippen molar-refractivity contribution in [2.24, 2.45) is 5.10 Å². The zero-order chi connectivity index (χ0) is 16.7. The molecule has 0 saturated heterocycles. The van der Waals surface area contributed by atoms with Gasteiger partial charge in [-0.3, -0.25) is 4.79 Å². The Morgan fingerprint density at radius 3 is 2.74 bits per heavy atom. The summed E-state index contributed by atoms with van der Waals surface area (Å²) in [5, 5.41) is 23.3. The van der Waals surface area contributed by atoms with E-state index in [0.29, 0.717) is 23.5 Å². The zero-order valence-corrected chi connectivity index (χ0v) is 12.6. The fourth-order valence-corrected chi connectivity index (χ4v) is 1.90. The molecule has 0 bridgehead atoms. The number of rotatable bonds is 6. The summed E-state index contributed by atoms with van der Waals surface area (Å²) >= 11 is 0. The lowest BCUT2D eigenvalue weighted by molar-refractivity contribution is -0.129. The maximum atomic E-state index is 11.8. The molecule has 0 aromatic heterocycles. The normalized spacial score (nSPS) is 12.1. The van der Waals surface area contributed by atoms with Crippen LogP contribution in [0.4, 0.5) is 0 Å². The maximum absolute atomic E-state index is 11.8. The lowest BCUT2D eigenvalue weighted by Crippen LogP contribution is -2.25. The summed E-state index contributed by atoms with van der Waals surface area (Å²) in [6.45, 7) is 2.24. The first-order chi connectivity index (χ1) is 11.1. The smallest absolute Gasteiger partial charge is 0.273 e. The summed E-state index contributed by atoms with van der Waals surface area (Å²) in [6, 6.07) is 13.3. The monoisotopic (exact) mass is 314 g/mol. The number of phenolic OH excluding ortho intramolecular Hbond substituents is 1. The molecule has 6 heteroatoms. The number of hydrogen-bond donors (Lipinski definition) is 3. The van der Waals surface area contributed by atoms with Crippen molar-refractivity contribution in [3.63, 3.8) is 0 Å². The van der Waals surface area contributed by atoms with Gasteiger partial charge in [-0.15, -0.1) is 0 Å². The van der Waals surface area contributed by atoms with Crippen molar-refractivity contribution in [1.82, 2.24) is 5.43 Å². The Labute approximate surface area is 134 Å². The van der Waals surface area contributed by atoms with Crippen molar-refractivity contribution < 1.29 is 19.7 Å². The Morgan fingerprint density at radius 2 is 2.04 bits per heavy atom. The molecule has 3 N–H and O–H groups in total. The predicted octanol–water partition coefficient (Wildman–Crippen LogP) is 1.97. The van der Waals surface area contributed by atoms with E-state index >= 15 is 0 Å². The number of nitrogens with zero attached hydrogens (tertiary/aromatic N) is 1. The molecule has 0 aliphatic rings. The second-order valence-corrected chi connectivity index (χ2v) is 4.71. The topological polar surface area (TPSA) is 91.2 Å². The summed E-state index contributed by atoms with van der Waals surface area (Å²) in [5.74, 6) is -0.254. The van der Waals surface area contributed by atoms with Crippen LogP contribution in [-0.2, 0) is 4.79 Å². The molecule has 0 aliphatic carbocycles. The van der Waals surface area contributed by atoms with Gasteiger partial charge in [-0.05, 0) is 36.2 Å². The van der Waals surface area contributed by atoms with Crippen LogP contribution in [0.3, 0.4) is 0 Å². The molecule has 2 rings (SSSR count). The minimum Gasteiger partial charge on any atom is -0.504 e. The minimum atomic E-state index is -1.29. The van der Waals surface area contributed by atoms with E-state index in [2.05, 4.69) is 10.5 Å². The minimum absolute atomic E-state index is 0.0348. The number of carbonyl (C=O) groups is 1. The molecule has 0 spiro atoms. The maximum Gasteiger partial charge on any atom is 0.273 e. The van der Waals surface area contributed by atoms with E-state index in [1.807, 2.05) is 6.92 Å². The molecule has 23 heavy (non-hydrogen) atoms. The van der Waals surface area contributed by atoms with Crippen molar-refractivity contribution in [3.8, 4) is 11.5 Å². The summed E-state index contributed by atoms with van der Waals surface area (Å²) < 4.78 is 5.26. The van der Waals surface area contributed by atoms with E-state index in [1.54, 1.807) is 42.5 Å². The van der Waals surface area contributed by atoms with Gasteiger partial charge in [-0.25, -0.2) is 5.43 Å². The second kappa shape index (κ2) is 7.95. The standard InChI is InChI=1S/C17H18N2O4/c1-2-23-15-10-12(8-9-14(15)20)11-18-19-17(22)16(21)13-6-4-3-5-7-13/h3-11,16,20-21H,2H2,1H3,(H,19,22)/b18-11+/t16-/m0/s1. The molecule has 1 atom stereocenters. The first-order valence-corrected chi connectivity index (χ1v) is 7.13. The Kier molecular flexibility index (Phi) is 5.71. The van der Waals surface area contributed by atoms with Crippen LogP contribution in [-0.4, -0.2) is 28.9 Å². The Bertz CT molecular complexity index is 686. The molecule has 0 radical (unpaired) electrons. The number of hydrazone groups is 1. The third kappa shape index (κ3) is 4.55. The number of hydrogen-bond acceptors (Lipinski definition) is 5. The molecule has 1 amide bonds. The number of amides is 1. The first-order valence-electron chi connectivity index (χ1n) is 7.13. The molecule has 0 saturated carbocycles. The molecule has 2 aromatic carbocycles. The van der Waals surface area contributed by atoms with Gasteiger partial charge in [-0.2, -0.15) is 5.10 Å². The van der Waals surface area contributed by atoms with Crippen LogP contribution in [0.25, 0.3) is 0 Å². The number of aliphatic hydroxyl groups is 1. The number of aliphatic hydroxyl groups excluding tert-OH is 1. The van der Waals surface area contributed by atoms with Gasteiger partial charge in [0.25, 0.3) is 5.91 Å². The Balaban J connectivity index is 1.98. The van der Waals surface area contributed by atoms with E-state index in [1.165, 1.54) is 12.3 Å². The fraction of sp³-hybridized carbons (Fsp3) is 0.176. The van der Waals surface area contributed by atoms with Crippen molar-refractivity contribution in [1.29, 1.82) is 0 Å². The van der Waals surface area contributed by atoms with E-state index in [0.717, 1.165) is 0 Å². The highest BCUT2D eigenvalue weighted by Crippen LogP contribution is 2.26. The van der Waals surface area contributed by atoms with Gasteiger partial charge in [0.2, 0.25) is 0 Å². The second-order valence-electron chi connectivity index (χ2n) is 4.71. The van der Waals surface area contributed by atoms with Crippen molar-refractivity contribution in [2.45, 2.75) is 13.0 Å². The van der Waals surface area contributed by atoms with Gasteiger partial charge in [0.15, 0.2) is 17.6 Å². The highest BCUT2D eigenvalue weighted by atomic mass is 16.5. The summed E-state index contributed by atoms with van der Waals surface area (Å²) in [4.78, 5) is 11.8. The van der Waals surface area contributed by atoms with Crippen LogP contribution in [0.5, 0.6) is 11.5 Å². The molecule has 0 fully saturated rings. The molecule has 0 unspecified atom stereocenters. The molecular weight excluding hydrogens is 296 g/mol. The largest absolute Gasteiger partial charge is 0.504 e. The van der Waals surface area contributed by atoms with Crippen LogP contribution >= 0.6 is 0 Å². The van der Waals surface area contributed by atoms with Gasteiger partial charge in [0.1, 0.15) is 0 Å². The number of carbonyl (C=O) groups excluding carboxylic acids is 1. The summed E-state index contributed by atoms with van der Waals surface area (Å²) in [5.41, 5.74) is 3.40. The van der Waals surface area contributed by atoms with Crippen LogP contribution in [0, 0.1) is 0 Å². The molecule has 0 aliphatic heterocycles. The van der Waals surface area contributed by atoms with Gasteiger partial charge in [0, 0.05) is 0 Å². The van der Waals surface area contributed by atoms with Crippen LogP contribution < -0.4 is 10.2 Å². The highest BCUT2D eigenvalue weighted by molar-refractivity contribution is 5.85. The van der Waals surface area contributed by atoms with Crippen LogP contribution in [0.2, 0.25) is 0 Å². The van der Waals surface area contributed by atoms with E-state index in [4.69, 9.17) is 4.74 Å². The van der Waals surface area contributed by atoms with Crippen molar-refractivity contribution >= 4 is 12.1 Å². The molecular formula is C17H18N2O4. The third-order valence-corrected chi connectivity index (χ3v) is 3.04. The predicted molar refractivity (Wildman–Crippen MR) is 86.4 cm³/mol. The molecule has 2 aromatic rings. The lowest BCUT2D eigenvalue weighted by Gasteiger charge is -2.08. The molecule has 120 valence electrons. The van der Waals surface area contributed by atoms with E-state index in [9.17, 15) is 15.0 Å². The first kappa shape index (κ1) is 16.5. The SMILES string of the molecule is CCOc1cc(/C=N/NC(=O)[C@@H](O)c2ccccc2)ccc1O. The lowest BCUT2D eigenvalue weighted by atomic mass is 10.1. The van der Waals surface area contributed by atoms with E-state index in [-0.39, 0.29) is 5.75 Å². The molecule has 0 heterocycles. The number of nitrogens with one attached hydrogen (secondary N) is 1. The molecule has 6 nitrogen and oxygen atoms in total. The number of ether oxygens (including phenoxy) is 1. The van der Waals surface area contributed by atoms with Crippen molar-refractivity contribution in [3.05, 3.63) is 59.7 Å². The zero-order valence-electron chi connectivity index (χ0n) is 12.6. The number of phenols is 1.